The summed E-state index contributed by atoms with van der Waals surface area (Å²) in [5.74, 6) is 1.45. The minimum atomic E-state index is -0.972. The molecule has 1 amide bonds. The number of ether oxygens (including phenoxy) is 1. The predicted molar refractivity (Wildman–Crippen MR) is 136 cm³/mol. The van der Waals surface area contributed by atoms with E-state index in [-0.39, 0.29) is 10.6 Å². The first-order chi connectivity index (χ1) is 16.9. The number of rotatable bonds is 8. The van der Waals surface area contributed by atoms with Gasteiger partial charge in [-0.25, -0.2) is 0 Å². The van der Waals surface area contributed by atoms with Crippen LogP contribution in [0.5, 0.6) is 5.75 Å². The van der Waals surface area contributed by atoms with Gasteiger partial charge in [0.05, 0.1) is 0 Å². The van der Waals surface area contributed by atoms with Gasteiger partial charge in [0.15, 0.2) is 0 Å². The van der Waals surface area contributed by atoms with Gasteiger partial charge in [0, 0.05) is 0 Å². The number of aromatic amines is 1. The second kappa shape index (κ2) is 10.0. The summed E-state index contributed by atoms with van der Waals surface area (Å²) in [5, 5.41) is 11.5. The van der Waals surface area contributed by atoms with Crippen molar-refractivity contribution >= 4 is 37.4 Å². The van der Waals surface area contributed by atoms with Gasteiger partial charge in [-0.15, -0.1) is 0 Å². The third-order valence-corrected chi connectivity index (χ3v) is 10.1. The van der Waals surface area contributed by atoms with Crippen molar-refractivity contribution in [2.24, 2.45) is 5.92 Å². The molecule has 2 heterocycles. The first-order valence-corrected chi connectivity index (χ1v) is 14.5. The molecule has 35 heavy (non-hydrogen) atoms. The maximum atomic E-state index is 13.5. The molecule has 9 heteroatoms. The number of carbonyl (C=O) groups excluding carboxylic acids is 1. The number of fused-ring (bicyclic) bond motifs is 1. The number of hydrogen-bond donors (Lipinski definition) is 3. The van der Waals surface area contributed by atoms with Crippen molar-refractivity contribution in [2.75, 3.05) is 6.61 Å². The molecule has 0 bridgehead atoms. The molecule has 2 aliphatic rings. The standard InChI is InChI=1S/C26H31AsN4O4/c1-14-3-10-20(35-12-16-4-5-16)19(11-14)22-24-23(29-13-28-22)21(15(2)30-24)25(32)27-17-6-8-18(9-7-17)31-26(33)34/h3,10-11,13,16-18,27,30-31H,4-9,12H2,1-2H3,(H,33,34). The number of nitrogens with zero attached hydrogens (tertiary/aromatic N) is 2. The molecule has 0 aliphatic heterocycles. The molecule has 2 aromatic heterocycles. The van der Waals surface area contributed by atoms with E-state index in [0.29, 0.717) is 28.3 Å². The van der Waals surface area contributed by atoms with E-state index in [9.17, 15) is 9.59 Å². The fraction of sp³-hybridized carbons (Fsp3) is 0.462. The van der Waals surface area contributed by atoms with Gasteiger partial charge in [-0.1, -0.05) is 0 Å². The van der Waals surface area contributed by atoms with Crippen LogP contribution in [0.15, 0.2) is 24.5 Å². The molecule has 2 aliphatic carbocycles. The third-order valence-electron chi connectivity index (χ3n) is 6.95. The molecule has 5 rings (SSSR count). The van der Waals surface area contributed by atoms with Gasteiger partial charge >= 0.3 is 211 Å². The van der Waals surface area contributed by atoms with Gasteiger partial charge in [-0.2, -0.15) is 0 Å². The van der Waals surface area contributed by atoms with Crippen LogP contribution >= 0.6 is 0 Å². The van der Waals surface area contributed by atoms with Crippen molar-refractivity contribution in [1.29, 1.82) is 0 Å². The molecule has 1 unspecified atom stereocenters. The van der Waals surface area contributed by atoms with Crippen molar-refractivity contribution in [3.05, 3.63) is 41.3 Å². The van der Waals surface area contributed by atoms with Crippen LogP contribution in [0.3, 0.4) is 0 Å². The summed E-state index contributed by atoms with van der Waals surface area (Å²) in [5.41, 5.74) is 5.75. The van der Waals surface area contributed by atoms with E-state index in [1.54, 1.807) is 0 Å². The number of aryl methyl sites for hydroxylation is 2. The Bertz CT molecular complexity index is 1260. The monoisotopic (exact) mass is 538 g/mol. The number of carboxylic acid groups (broad SMARTS) is 1. The molecule has 0 radical (unpaired) electrons. The van der Waals surface area contributed by atoms with E-state index >= 15 is 0 Å². The van der Waals surface area contributed by atoms with E-state index in [1.165, 1.54) is 19.2 Å². The Hall–Kier alpha value is -2.86. The van der Waals surface area contributed by atoms with E-state index in [2.05, 4.69) is 26.3 Å². The van der Waals surface area contributed by atoms with Gasteiger partial charge in [-0.3, -0.25) is 0 Å². The van der Waals surface area contributed by atoms with E-state index < -0.39 is 21.8 Å². The first kappa shape index (κ1) is 23.9. The Labute approximate surface area is 211 Å². The summed E-state index contributed by atoms with van der Waals surface area (Å²) in [6.45, 7) is 4.69. The molecular weight excluding hydrogens is 507 g/mol. The third kappa shape index (κ3) is 5.37. The van der Waals surface area contributed by atoms with Crippen LogP contribution in [-0.4, -0.2) is 59.1 Å². The Kier molecular flexibility index (Phi) is 6.83. The number of amides is 1. The molecule has 1 aromatic carbocycles. The molecule has 0 saturated heterocycles. The Morgan fingerprint density at radius 1 is 1.14 bits per heavy atom. The molecule has 3 aromatic rings. The average Bonchev–Trinajstić information content (AvgIpc) is 3.58. The van der Waals surface area contributed by atoms with E-state index in [0.717, 1.165) is 59.5 Å². The second-order valence-electron chi connectivity index (χ2n) is 9.80. The summed E-state index contributed by atoms with van der Waals surface area (Å²) < 4.78 is 6.73. The van der Waals surface area contributed by atoms with Crippen LogP contribution in [0.2, 0.25) is 4.71 Å². The minimum absolute atomic E-state index is 0.00114. The van der Waals surface area contributed by atoms with Gasteiger partial charge < -0.3 is 0 Å². The second-order valence-corrected chi connectivity index (χ2v) is 13.1. The number of aromatic nitrogens is 3. The molecule has 3 N–H and O–H groups in total. The van der Waals surface area contributed by atoms with Crippen molar-refractivity contribution < 1.29 is 19.4 Å². The van der Waals surface area contributed by atoms with Crippen molar-refractivity contribution in [3.8, 4) is 17.0 Å². The average molecular weight is 538 g/mol. The predicted octanol–water partition coefficient (Wildman–Crippen LogP) is 4.61. The quantitative estimate of drug-likeness (QED) is 0.361. The number of nitrogens with one attached hydrogen (secondary N) is 2. The van der Waals surface area contributed by atoms with Crippen molar-refractivity contribution in [3.63, 3.8) is 0 Å². The van der Waals surface area contributed by atoms with Crippen LogP contribution < -0.4 is 10.1 Å². The Morgan fingerprint density at radius 2 is 1.91 bits per heavy atom. The topological polar surface area (TPSA) is 117 Å². The fourth-order valence-corrected chi connectivity index (χ4v) is 7.89. The number of hydrogen-bond acceptors (Lipinski definition) is 5. The van der Waals surface area contributed by atoms with E-state index in [1.807, 2.05) is 26.0 Å². The molecule has 8 nitrogen and oxygen atoms in total. The van der Waals surface area contributed by atoms with Crippen molar-refractivity contribution in [2.45, 2.75) is 63.1 Å². The SMILES string of the molecule is Cc1ccc(OCC2CC2)c(-c2ncnc3c(C(=O)[AsH]C4CCC(NC(=O)O)CC4)c(C)[nH]c23)c1. The van der Waals surface area contributed by atoms with E-state index in [4.69, 9.17) is 9.84 Å². The molecule has 2 fully saturated rings. The summed E-state index contributed by atoms with van der Waals surface area (Å²) in [4.78, 5) is 36.9. The molecule has 1 atom stereocenters. The van der Waals surface area contributed by atoms with Gasteiger partial charge in [0.25, 0.3) is 0 Å². The number of benzene rings is 1. The van der Waals surface area contributed by atoms with Gasteiger partial charge in [-0.05, 0) is 0 Å². The summed E-state index contributed by atoms with van der Waals surface area (Å²) >= 11 is -0.908. The van der Waals surface area contributed by atoms with Crippen LogP contribution in [0.4, 0.5) is 4.79 Å². The van der Waals surface area contributed by atoms with Crippen LogP contribution in [-0.2, 0) is 0 Å². The van der Waals surface area contributed by atoms with Gasteiger partial charge in [0.1, 0.15) is 0 Å². The maximum absolute atomic E-state index is 13.5. The van der Waals surface area contributed by atoms with Crippen molar-refractivity contribution in [1.82, 2.24) is 20.3 Å². The zero-order valence-corrected chi connectivity index (χ0v) is 22.2. The normalized spacial score (nSPS) is 20.4. The summed E-state index contributed by atoms with van der Waals surface area (Å²) in [6.07, 6.45) is 6.39. The molecule has 0 spiro atoms. The summed E-state index contributed by atoms with van der Waals surface area (Å²) in [7, 11) is 0. The molecule has 2 saturated carbocycles. The summed E-state index contributed by atoms with van der Waals surface area (Å²) in [6, 6.07) is 6.13. The molecular formula is C26H31AsN4O4. The Balaban J connectivity index is 1.40. The van der Waals surface area contributed by atoms with Crippen LogP contribution in [0, 0.1) is 19.8 Å². The molecule has 184 valence electrons. The van der Waals surface area contributed by atoms with Crippen LogP contribution in [0.25, 0.3) is 22.3 Å². The zero-order chi connectivity index (χ0) is 24.5. The fourth-order valence-electron chi connectivity index (χ4n) is 4.86. The van der Waals surface area contributed by atoms with Gasteiger partial charge in [0.2, 0.25) is 0 Å². The number of H-pyrrole nitrogens is 1. The first-order valence-electron chi connectivity index (χ1n) is 12.3. The Morgan fingerprint density at radius 3 is 2.63 bits per heavy atom. The number of carbonyl (C=O) groups is 2. The zero-order valence-electron chi connectivity index (χ0n) is 20.1. The van der Waals surface area contributed by atoms with Crippen LogP contribution in [0.1, 0.15) is 60.1 Å².